The molecule has 0 aliphatic carbocycles. The molecule has 1 fully saturated rings. The van der Waals surface area contributed by atoms with Gasteiger partial charge in [-0.05, 0) is 45.5 Å². The Hall–Kier alpha value is -0.800. The molecule has 1 aliphatic heterocycles. The Morgan fingerprint density at radius 1 is 1.38 bits per heavy atom. The highest BCUT2D eigenvalue weighted by atomic mass is 16.3. The van der Waals surface area contributed by atoms with Crippen LogP contribution in [0, 0.1) is 6.92 Å². The molecule has 2 rings (SSSR count). The van der Waals surface area contributed by atoms with Crippen molar-refractivity contribution in [1.82, 2.24) is 10.2 Å². The highest BCUT2D eigenvalue weighted by Crippen LogP contribution is 2.19. The van der Waals surface area contributed by atoms with Crippen LogP contribution >= 0.6 is 0 Å². The zero-order chi connectivity index (χ0) is 11.4. The van der Waals surface area contributed by atoms with Gasteiger partial charge < -0.3 is 9.73 Å². The molecule has 1 saturated heterocycles. The van der Waals surface area contributed by atoms with Gasteiger partial charge in [-0.25, -0.2) is 0 Å². The SMILES string of the molecule is CCNCc1cc(CN2CCCC2)c(C)o1. The Labute approximate surface area is 97.8 Å². The minimum absolute atomic E-state index is 0.845. The molecular formula is C13H22N2O. The first kappa shape index (κ1) is 11.7. The number of hydrogen-bond acceptors (Lipinski definition) is 3. The van der Waals surface area contributed by atoms with Crippen LogP contribution in [0.25, 0.3) is 0 Å². The zero-order valence-electron chi connectivity index (χ0n) is 10.4. The Morgan fingerprint density at radius 3 is 2.81 bits per heavy atom. The van der Waals surface area contributed by atoms with Crippen molar-refractivity contribution in [3.8, 4) is 0 Å². The maximum atomic E-state index is 5.74. The number of nitrogens with zero attached hydrogens (tertiary/aromatic N) is 1. The predicted octanol–water partition coefficient (Wildman–Crippen LogP) is 2.29. The number of hydrogen-bond donors (Lipinski definition) is 1. The third kappa shape index (κ3) is 2.86. The Morgan fingerprint density at radius 2 is 2.12 bits per heavy atom. The van der Waals surface area contributed by atoms with Gasteiger partial charge >= 0.3 is 0 Å². The Bertz CT molecular complexity index is 327. The molecule has 0 unspecified atom stereocenters. The minimum Gasteiger partial charge on any atom is -0.465 e. The molecular weight excluding hydrogens is 200 g/mol. The molecule has 0 spiro atoms. The molecule has 3 nitrogen and oxygen atoms in total. The first-order chi connectivity index (χ1) is 7.79. The van der Waals surface area contributed by atoms with Crippen molar-refractivity contribution < 1.29 is 4.42 Å². The van der Waals surface area contributed by atoms with Crippen LogP contribution in [0.15, 0.2) is 10.5 Å². The minimum atomic E-state index is 0.845. The summed E-state index contributed by atoms with van der Waals surface area (Å²) in [5.41, 5.74) is 1.36. The molecule has 90 valence electrons. The maximum Gasteiger partial charge on any atom is 0.118 e. The van der Waals surface area contributed by atoms with Crippen LogP contribution in [0.3, 0.4) is 0 Å². The highest BCUT2D eigenvalue weighted by Gasteiger charge is 2.15. The molecule has 1 aromatic heterocycles. The van der Waals surface area contributed by atoms with Gasteiger partial charge in [-0.15, -0.1) is 0 Å². The van der Waals surface area contributed by atoms with Gasteiger partial charge in [0, 0.05) is 12.1 Å². The summed E-state index contributed by atoms with van der Waals surface area (Å²) in [7, 11) is 0. The third-order valence-electron chi connectivity index (χ3n) is 3.21. The van der Waals surface area contributed by atoms with E-state index in [-0.39, 0.29) is 0 Å². The van der Waals surface area contributed by atoms with Gasteiger partial charge in [0.05, 0.1) is 6.54 Å². The summed E-state index contributed by atoms with van der Waals surface area (Å²) in [4.78, 5) is 2.51. The topological polar surface area (TPSA) is 28.4 Å². The van der Waals surface area contributed by atoms with Crippen LogP contribution in [0.1, 0.15) is 36.8 Å². The van der Waals surface area contributed by atoms with Crippen molar-refractivity contribution in [1.29, 1.82) is 0 Å². The van der Waals surface area contributed by atoms with Gasteiger partial charge in [0.15, 0.2) is 0 Å². The fourth-order valence-corrected chi connectivity index (χ4v) is 2.26. The average molecular weight is 222 g/mol. The standard InChI is InChI=1S/C13H22N2O/c1-3-14-9-13-8-12(11(2)16-13)10-15-6-4-5-7-15/h8,14H,3-7,9-10H2,1-2H3. The molecule has 0 aromatic carbocycles. The first-order valence-corrected chi connectivity index (χ1v) is 6.31. The summed E-state index contributed by atoms with van der Waals surface area (Å²) in [6.45, 7) is 9.56. The molecule has 0 bridgehead atoms. The van der Waals surface area contributed by atoms with Gasteiger partial charge in [0.2, 0.25) is 0 Å². The molecule has 0 amide bonds. The van der Waals surface area contributed by atoms with E-state index in [2.05, 4.69) is 30.1 Å². The van der Waals surface area contributed by atoms with Crippen LogP contribution in [-0.2, 0) is 13.1 Å². The van der Waals surface area contributed by atoms with Gasteiger partial charge in [0.1, 0.15) is 11.5 Å². The number of likely N-dealkylation sites (tertiary alicyclic amines) is 1. The molecule has 16 heavy (non-hydrogen) atoms. The highest BCUT2D eigenvalue weighted by molar-refractivity contribution is 5.20. The molecule has 0 radical (unpaired) electrons. The lowest BCUT2D eigenvalue weighted by Crippen LogP contribution is -2.18. The van der Waals surface area contributed by atoms with Crippen molar-refractivity contribution in [3.05, 3.63) is 23.2 Å². The summed E-state index contributed by atoms with van der Waals surface area (Å²) < 4.78 is 5.74. The van der Waals surface area contributed by atoms with Crippen molar-refractivity contribution >= 4 is 0 Å². The van der Waals surface area contributed by atoms with Crippen molar-refractivity contribution in [2.24, 2.45) is 0 Å². The van der Waals surface area contributed by atoms with E-state index in [1.807, 2.05) is 0 Å². The quantitative estimate of drug-likeness (QED) is 0.828. The van der Waals surface area contributed by atoms with E-state index in [1.165, 1.54) is 31.5 Å². The molecule has 0 atom stereocenters. The molecule has 1 aromatic rings. The van der Waals surface area contributed by atoms with Gasteiger partial charge in [-0.2, -0.15) is 0 Å². The van der Waals surface area contributed by atoms with Crippen LogP contribution in [0.5, 0.6) is 0 Å². The normalized spacial score (nSPS) is 17.1. The maximum absolute atomic E-state index is 5.74. The fraction of sp³-hybridized carbons (Fsp3) is 0.692. The third-order valence-corrected chi connectivity index (χ3v) is 3.21. The summed E-state index contributed by atoms with van der Waals surface area (Å²) in [6.07, 6.45) is 2.70. The zero-order valence-corrected chi connectivity index (χ0v) is 10.4. The lowest BCUT2D eigenvalue weighted by Gasteiger charge is -2.13. The van der Waals surface area contributed by atoms with Crippen LogP contribution in [0.2, 0.25) is 0 Å². The van der Waals surface area contributed by atoms with E-state index >= 15 is 0 Å². The molecule has 1 N–H and O–H groups in total. The van der Waals surface area contributed by atoms with E-state index in [0.29, 0.717) is 0 Å². The lowest BCUT2D eigenvalue weighted by atomic mass is 10.2. The molecule has 0 saturated carbocycles. The number of furan rings is 1. The van der Waals surface area contributed by atoms with Gasteiger partial charge in [0.25, 0.3) is 0 Å². The van der Waals surface area contributed by atoms with E-state index < -0.39 is 0 Å². The van der Waals surface area contributed by atoms with Gasteiger partial charge in [-0.1, -0.05) is 6.92 Å². The van der Waals surface area contributed by atoms with E-state index in [0.717, 1.165) is 31.2 Å². The molecule has 1 aliphatic rings. The Balaban J connectivity index is 1.94. The van der Waals surface area contributed by atoms with Gasteiger partial charge in [-0.3, -0.25) is 4.90 Å². The number of aryl methyl sites for hydroxylation is 1. The summed E-state index contributed by atoms with van der Waals surface area (Å²) in [6, 6.07) is 2.20. The first-order valence-electron chi connectivity index (χ1n) is 6.31. The molecule has 2 heterocycles. The summed E-state index contributed by atoms with van der Waals surface area (Å²) in [5, 5.41) is 3.29. The van der Waals surface area contributed by atoms with E-state index in [9.17, 15) is 0 Å². The van der Waals surface area contributed by atoms with Crippen LogP contribution in [0.4, 0.5) is 0 Å². The second-order valence-electron chi connectivity index (χ2n) is 4.56. The van der Waals surface area contributed by atoms with Crippen LogP contribution < -0.4 is 5.32 Å². The smallest absolute Gasteiger partial charge is 0.118 e. The number of rotatable bonds is 5. The van der Waals surface area contributed by atoms with Crippen molar-refractivity contribution in [2.75, 3.05) is 19.6 Å². The van der Waals surface area contributed by atoms with Crippen molar-refractivity contribution in [3.63, 3.8) is 0 Å². The second-order valence-corrected chi connectivity index (χ2v) is 4.56. The summed E-state index contributed by atoms with van der Waals surface area (Å²) >= 11 is 0. The fourth-order valence-electron chi connectivity index (χ4n) is 2.26. The monoisotopic (exact) mass is 222 g/mol. The Kier molecular flexibility index (Phi) is 4.02. The predicted molar refractivity (Wildman–Crippen MR) is 65.3 cm³/mol. The average Bonchev–Trinajstić information content (AvgIpc) is 2.87. The number of nitrogens with one attached hydrogen (secondary N) is 1. The van der Waals surface area contributed by atoms with E-state index in [4.69, 9.17) is 4.42 Å². The van der Waals surface area contributed by atoms with E-state index in [1.54, 1.807) is 0 Å². The molecule has 3 heteroatoms. The lowest BCUT2D eigenvalue weighted by molar-refractivity contribution is 0.328. The van der Waals surface area contributed by atoms with Crippen molar-refractivity contribution in [2.45, 2.75) is 39.8 Å². The van der Waals surface area contributed by atoms with Crippen LogP contribution in [-0.4, -0.2) is 24.5 Å². The summed E-state index contributed by atoms with van der Waals surface area (Å²) in [5.74, 6) is 2.15. The largest absolute Gasteiger partial charge is 0.465 e. The second kappa shape index (κ2) is 5.51.